The van der Waals surface area contributed by atoms with Gasteiger partial charge in [0, 0.05) is 6.42 Å². The Morgan fingerprint density at radius 2 is 2.00 bits per heavy atom. The van der Waals surface area contributed by atoms with Crippen LogP contribution in [0.5, 0.6) is 0 Å². The Kier molecular flexibility index (Phi) is 4.20. The van der Waals surface area contributed by atoms with Gasteiger partial charge in [0.25, 0.3) is 0 Å². The van der Waals surface area contributed by atoms with Gasteiger partial charge < -0.3 is 5.11 Å². The third kappa shape index (κ3) is 3.53. The summed E-state index contributed by atoms with van der Waals surface area (Å²) in [6, 6.07) is 6.19. The van der Waals surface area contributed by atoms with Gasteiger partial charge in [-0.1, -0.05) is 19.1 Å². The summed E-state index contributed by atoms with van der Waals surface area (Å²) in [7, 11) is 0. The summed E-state index contributed by atoms with van der Waals surface area (Å²) >= 11 is 0. The Balaban J connectivity index is 2.61. The summed E-state index contributed by atoms with van der Waals surface area (Å²) in [5.41, 5.74) is 3.27. The fourth-order valence-electron chi connectivity index (χ4n) is 0.970. The Hall–Kier alpha value is -2.17. The molecule has 0 aromatic heterocycles. The van der Waals surface area contributed by atoms with Crippen LogP contribution < -0.4 is 5.43 Å². The van der Waals surface area contributed by atoms with Crippen molar-refractivity contribution in [1.29, 1.82) is 0 Å². The summed E-state index contributed by atoms with van der Waals surface area (Å²) in [6.07, 6.45) is 1.83. The maximum Gasteiger partial charge on any atom is 0.335 e. The lowest BCUT2D eigenvalue weighted by atomic mass is 10.1. The van der Waals surface area contributed by atoms with Crippen LogP contribution in [0.15, 0.2) is 29.4 Å². The Morgan fingerprint density at radius 3 is 2.50 bits per heavy atom. The molecule has 0 atom stereocenters. The topological polar surface area (TPSA) is 78.8 Å². The molecule has 1 aromatic carbocycles. The maximum absolute atomic E-state index is 10.8. The summed E-state index contributed by atoms with van der Waals surface area (Å²) in [5.74, 6) is -1.14. The SMILES string of the molecule is CCC(=O)N/N=C/c1ccc(C(=O)O)cc1. The molecule has 0 fully saturated rings. The van der Waals surface area contributed by atoms with Crippen molar-refractivity contribution in [2.45, 2.75) is 13.3 Å². The monoisotopic (exact) mass is 220 g/mol. The summed E-state index contributed by atoms with van der Waals surface area (Å²) in [4.78, 5) is 21.4. The lowest BCUT2D eigenvalue weighted by Crippen LogP contribution is -2.15. The number of aromatic carboxylic acids is 1. The minimum atomic E-state index is -0.970. The van der Waals surface area contributed by atoms with Gasteiger partial charge in [0.1, 0.15) is 0 Å². The van der Waals surface area contributed by atoms with Gasteiger partial charge in [0.05, 0.1) is 11.8 Å². The molecule has 0 saturated heterocycles. The second kappa shape index (κ2) is 5.65. The molecule has 1 rings (SSSR count). The van der Waals surface area contributed by atoms with Crippen molar-refractivity contribution < 1.29 is 14.7 Å². The van der Waals surface area contributed by atoms with Crippen molar-refractivity contribution in [2.24, 2.45) is 5.10 Å². The number of carboxylic acids is 1. The lowest BCUT2D eigenvalue weighted by molar-refractivity contribution is -0.120. The fraction of sp³-hybridized carbons (Fsp3) is 0.182. The largest absolute Gasteiger partial charge is 0.478 e. The molecule has 16 heavy (non-hydrogen) atoms. The number of benzene rings is 1. The lowest BCUT2D eigenvalue weighted by Gasteiger charge is -1.96. The molecule has 0 bridgehead atoms. The van der Waals surface area contributed by atoms with Gasteiger partial charge >= 0.3 is 5.97 Å². The van der Waals surface area contributed by atoms with Crippen LogP contribution in [0.3, 0.4) is 0 Å². The van der Waals surface area contributed by atoms with Crippen LogP contribution in [0, 0.1) is 0 Å². The molecular weight excluding hydrogens is 208 g/mol. The number of hydrogen-bond donors (Lipinski definition) is 2. The highest BCUT2D eigenvalue weighted by atomic mass is 16.4. The van der Waals surface area contributed by atoms with E-state index in [-0.39, 0.29) is 11.5 Å². The first kappa shape index (κ1) is 11.9. The Labute approximate surface area is 92.8 Å². The zero-order chi connectivity index (χ0) is 12.0. The molecular formula is C11H12N2O3. The number of hydrogen-bond acceptors (Lipinski definition) is 3. The van der Waals surface area contributed by atoms with E-state index in [9.17, 15) is 9.59 Å². The quantitative estimate of drug-likeness (QED) is 0.592. The van der Waals surface area contributed by atoms with Crippen LogP contribution in [0.1, 0.15) is 29.3 Å². The standard InChI is InChI=1S/C11H12N2O3/c1-2-10(14)13-12-7-8-3-5-9(6-4-8)11(15)16/h3-7H,2H2,1H3,(H,13,14)(H,15,16)/b12-7+. The molecule has 1 amide bonds. The number of carboxylic acid groups (broad SMARTS) is 1. The van der Waals surface area contributed by atoms with Crippen LogP contribution in [0.25, 0.3) is 0 Å². The van der Waals surface area contributed by atoms with E-state index in [0.717, 1.165) is 5.56 Å². The Morgan fingerprint density at radius 1 is 1.38 bits per heavy atom. The van der Waals surface area contributed by atoms with Crippen molar-refractivity contribution in [3.63, 3.8) is 0 Å². The third-order valence-electron chi connectivity index (χ3n) is 1.88. The van der Waals surface area contributed by atoms with Crippen LogP contribution >= 0.6 is 0 Å². The predicted octanol–water partition coefficient (Wildman–Crippen LogP) is 1.24. The van der Waals surface area contributed by atoms with Crippen molar-refractivity contribution in [3.8, 4) is 0 Å². The first-order chi connectivity index (χ1) is 7.63. The normalized spacial score (nSPS) is 10.3. The Bertz CT molecular complexity index is 410. The number of hydrazone groups is 1. The van der Waals surface area contributed by atoms with Gasteiger partial charge in [-0.25, -0.2) is 10.2 Å². The molecule has 5 nitrogen and oxygen atoms in total. The van der Waals surface area contributed by atoms with E-state index in [1.165, 1.54) is 18.3 Å². The zero-order valence-corrected chi connectivity index (χ0v) is 8.80. The second-order valence-electron chi connectivity index (χ2n) is 3.07. The number of carbonyl (C=O) groups is 2. The number of amides is 1. The molecule has 2 N–H and O–H groups in total. The van der Waals surface area contributed by atoms with Gasteiger partial charge in [0.2, 0.25) is 5.91 Å². The number of carbonyl (C=O) groups excluding carboxylic acids is 1. The third-order valence-corrected chi connectivity index (χ3v) is 1.88. The van der Waals surface area contributed by atoms with Crippen molar-refractivity contribution in [3.05, 3.63) is 35.4 Å². The van der Waals surface area contributed by atoms with Gasteiger partial charge in [-0.15, -0.1) is 0 Å². The van der Waals surface area contributed by atoms with Crippen LogP contribution in [-0.4, -0.2) is 23.2 Å². The number of nitrogens with zero attached hydrogens (tertiary/aromatic N) is 1. The fourth-order valence-corrected chi connectivity index (χ4v) is 0.970. The minimum Gasteiger partial charge on any atom is -0.478 e. The molecule has 5 heteroatoms. The highest BCUT2D eigenvalue weighted by molar-refractivity contribution is 5.89. The summed E-state index contributed by atoms with van der Waals surface area (Å²) in [5, 5.41) is 12.4. The van der Waals surface area contributed by atoms with E-state index in [4.69, 9.17) is 5.11 Å². The summed E-state index contributed by atoms with van der Waals surface area (Å²) < 4.78 is 0. The van der Waals surface area contributed by atoms with Gasteiger partial charge in [-0.2, -0.15) is 5.10 Å². The highest BCUT2D eigenvalue weighted by Crippen LogP contribution is 2.01. The molecule has 0 aliphatic rings. The highest BCUT2D eigenvalue weighted by Gasteiger charge is 2.00. The molecule has 0 spiro atoms. The van der Waals surface area contributed by atoms with E-state index in [1.54, 1.807) is 19.1 Å². The van der Waals surface area contributed by atoms with E-state index in [2.05, 4.69) is 10.5 Å². The molecule has 0 heterocycles. The molecule has 84 valence electrons. The average molecular weight is 220 g/mol. The van der Waals surface area contributed by atoms with Gasteiger partial charge in [-0.3, -0.25) is 4.79 Å². The molecule has 0 aliphatic carbocycles. The van der Waals surface area contributed by atoms with Crippen molar-refractivity contribution in [2.75, 3.05) is 0 Å². The smallest absolute Gasteiger partial charge is 0.335 e. The molecule has 0 aliphatic heterocycles. The maximum atomic E-state index is 10.8. The van der Waals surface area contributed by atoms with Gasteiger partial charge in [0.15, 0.2) is 0 Å². The molecule has 0 saturated carbocycles. The second-order valence-corrected chi connectivity index (χ2v) is 3.07. The van der Waals surface area contributed by atoms with Crippen LogP contribution in [-0.2, 0) is 4.79 Å². The van der Waals surface area contributed by atoms with Crippen molar-refractivity contribution >= 4 is 18.1 Å². The van der Waals surface area contributed by atoms with E-state index in [0.29, 0.717) is 6.42 Å². The minimum absolute atomic E-state index is 0.168. The number of nitrogens with one attached hydrogen (secondary N) is 1. The zero-order valence-electron chi connectivity index (χ0n) is 8.80. The van der Waals surface area contributed by atoms with Crippen LogP contribution in [0.4, 0.5) is 0 Å². The van der Waals surface area contributed by atoms with Gasteiger partial charge in [-0.05, 0) is 17.7 Å². The van der Waals surface area contributed by atoms with Crippen LogP contribution in [0.2, 0.25) is 0 Å². The number of rotatable bonds is 4. The van der Waals surface area contributed by atoms with E-state index in [1.807, 2.05) is 0 Å². The average Bonchev–Trinajstić information content (AvgIpc) is 2.29. The van der Waals surface area contributed by atoms with E-state index < -0.39 is 5.97 Å². The molecule has 0 unspecified atom stereocenters. The molecule has 0 radical (unpaired) electrons. The van der Waals surface area contributed by atoms with E-state index >= 15 is 0 Å². The first-order valence-corrected chi connectivity index (χ1v) is 4.78. The predicted molar refractivity (Wildman–Crippen MR) is 59.4 cm³/mol. The molecule has 1 aromatic rings. The van der Waals surface area contributed by atoms with Crippen molar-refractivity contribution in [1.82, 2.24) is 5.43 Å². The first-order valence-electron chi connectivity index (χ1n) is 4.78. The summed E-state index contributed by atoms with van der Waals surface area (Å²) in [6.45, 7) is 1.73.